The van der Waals surface area contributed by atoms with Gasteiger partial charge < -0.3 is 19.8 Å². The Kier molecular flexibility index (Phi) is 5.86. The molecule has 28 heavy (non-hydrogen) atoms. The van der Waals surface area contributed by atoms with Gasteiger partial charge in [-0.2, -0.15) is 0 Å². The van der Waals surface area contributed by atoms with Gasteiger partial charge in [0.05, 0.1) is 17.5 Å². The molecule has 0 radical (unpaired) electrons. The number of para-hydroxylation sites is 2. The van der Waals surface area contributed by atoms with Gasteiger partial charge in [-0.1, -0.05) is 30.3 Å². The van der Waals surface area contributed by atoms with E-state index in [1.165, 1.54) is 25.3 Å². The summed E-state index contributed by atoms with van der Waals surface area (Å²) >= 11 is 0. The summed E-state index contributed by atoms with van der Waals surface area (Å²) in [4.78, 5) is 36.9. The van der Waals surface area contributed by atoms with E-state index in [0.29, 0.717) is 5.69 Å². The Morgan fingerprint density at radius 2 is 1.61 bits per heavy atom. The van der Waals surface area contributed by atoms with Gasteiger partial charge in [-0.05, 0) is 43.3 Å². The fourth-order valence-corrected chi connectivity index (χ4v) is 2.40. The van der Waals surface area contributed by atoms with Gasteiger partial charge in [0.2, 0.25) is 0 Å². The van der Waals surface area contributed by atoms with Crippen molar-refractivity contribution in [3.8, 4) is 0 Å². The highest BCUT2D eigenvalue weighted by Gasteiger charge is 2.22. The first-order chi connectivity index (χ1) is 13.5. The number of carbonyl (C=O) groups is 3. The number of hydrogen-bond acceptors (Lipinski definition) is 5. The van der Waals surface area contributed by atoms with Crippen LogP contribution in [-0.4, -0.2) is 23.9 Å². The molecule has 0 aliphatic heterocycles. The monoisotopic (exact) mass is 378 g/mol. The maximum atomic E-state index is 12.5. The molecule has 0 aliphatic carbocycles. The van der Waals surface area contributed by atoms with Crippen molar-refractivity contribution in [2.75, 3.05) is 10.6 Å². The van der Waals surface area contributed by atoms with Crippen molar-refractivity contribution in [3.63, 3.8) is 0 Å². The Hall–Kier alpha value is -3.87. The van der Waals surface area contributed by atoms with Crippen LogP contribution in [0.15, 0.2) is 77.4 Å². The molecule has 142 valence electrons. The molecule has 0 aliphatic rings. The minimum absolute atomic E-state index is 0.110. The molecular weight excluding hydrogens is 360 g/mol. The van der Waals surface area contributed by atoms with Gasteiger partial charge in [0.25, 0.3) is 11.8 Å². The van der Waals surface area contributed by atoms with Crippen LogP contribution in [0.3, 0.4) is 0 Å². The quantitative estimate of drug-likeness (QED) is 0.637. The molecule has 1 atom stereocenters. The Bertz CT molecular complexity index is 967. The summed E-state index contributed by atoms with van der Waals surface area (Å²) in [6.45, 7) is 1.47. The minimum Gasteiger partial charge on any atom is -0.459 e. The van der Waals surface area contributed by atoms with Gasteiger partial charge in [0.15, 0.2) is 11.9 Å². The number of amides is 2. The smallest absolute Gasteiger partial charge is 0.341 e. The number of anilines is 2. The van der Waals surface area contributed by atoms with Gasteiger partial charge >= 0.3 is 5.97 Å². The molecule has 0 fully saturated rings. The molecule has 2 amide bonds. The second-order valence-corrected chi connectivity index (χ2v) is 5.88. The summed E-state index contributed by atoms with van der Waals surface area (Å²) in [5.74, 6) is -1.58. The second kappa shape index (κ2) is 8.68. The first-order valence-electron chi connectivity index (χ1n) is 8.55. The predicted molar refractivity (Wildman–Crippen MR) is 103 cm³/mol. The SMILES string of the molecule is C[C@H](OC(=O)c1ccccc1NC(=O)c1ccco1)C(=O)Nc1ccccc1. The molecule has 0 bridgehead atoms. The van der Waals surface area contributed by atoms with Crippen LogP contribution in [0, 0.1) is 0 Å². The second-order valence-electron chi connectivity index (χ2n) is 5.88. The maximum absolute atomic E-state index is 12.5. The number of esters is 1. The largest absolute Gasteiger partial charge is 0.459 e. The third-order valence-corrected chi connectivity index (χ3v) is 3.83. The first-order valence-corrected chi connectivity index (χ1v) is 8.55. The summed E-state index contributed by atoms with van der Waals surface area (Å²) in [5, 5.41) is 5.27. The molecule has 7 heteroatoms. The van der Waals surface area contributed by atoms with E-state index in [0.717, 1.165) is 0 Å². The van der Waals surface area contributed by atoms with E-state index in [2.05, 4.69) is 10.6 Å². The van der Waals surface area contributed by atoms with Crippen molar-refractivity contribution in [2.24, 2.45) is 0 Å². The molecule has 2 aromatic carbocycles. The lowest BCUT2D eigenvalue weighted by molar-refractivity contribution is -0.123. The molecule has 0 saturated carbocycles. The van der Waals surface area contributed by atoms with Crippen LogP contribution in [-0.2, 0) is 9.53 Å². The normalized spacial score (nSPS) is 11.3. The number of carbonyl (C=O) groups excluding carboxylic acids is 3. The van der Waals surface area contributed by atoms with Crippen molar-refractivity contribution < 1.29 is 23.5 Å². The average molecular weight is 378 g/mol. The number of benzene rings is 2. The Morgan fingerprint density at radius 3 is 2.32 bits per heavy atom. The molecule has 1 heterocycles. The van der Waals surface area contributed by atoms with E-state index >= 15 is 0 Å². The van der Waals surface area contributed by atoms with Gasteiger partial charge in [0.1, 0.15) is 0 Å². The lowest BCUT2D eigenvalue weighted by Crippen LogP contribution is -2.30. The van der Waals surface area contributed by atoms with E-state index < -0.39 is 23.9 Å². The van der Waals surface area contributed by atoms with Crippen molar-refractivity contribution in [1.82, 2.24) is 0 Å². The fraction of sp³-hybridized carbons (Fsp3) is 0.0952. The van der Waals surface area contributed by atoms with Crippen LogP contribution in [0.4, 0.5) is 11.4 Å². The van der Waals surface area contributed by atoms with Crippen LogP contribution in [0.25, 0.3) is 0 Å². The molecular formula is C21H18N2O5. The Labute approximate surface area is 161 Å². The highest BCUT2D eigenvalue weighted by molar-refractivity contribution is 6.07. The third kappa shape index (κ3) is 4.64. The number of hydrogen-bond donors (Lipinski definition) is 2. The van der Waals surface area contributed by atoms with Crippen LogP contribution in [0.2, 0.25) is 0 Å². The number of ether oxygens (including phenoxy) is 1. The topological polar surface area (TPSA) is 97.6 Å². The number of nitrogens with one attached hydrogen (secondary N) is 2. The van der Waals surface area contributed by atoms with E-state index in [1.807, 2.05) is 6.07 Å². The zero-order valence-electron chi connectivity index (χ0n) is 15.0. The highest BCUT2D eigenvalue weighted by Crippen LogP contribution is 2.18. The summed E-state index contributed by atoms with van der Waals surface area (Å²) in [5.41, 5.74) is 0.979. The van der Waals surface area contributed by atoms with Gasteiger partial charge in [-0.3, -0.25) is 9.59 Å². The summed E-state index contributed by atoms with van der Waals surface area (Å²) < 4.78 is 10.3. The summed E-state index contributed by atoms with van der Waals surface area (Å²) in [7, 11) is 0. The zero-order chi connectivity index (χ0) is 19.9. The van der Waals surface area contributed by atoms with E-state index in [4.69, 9.17) is 9.15 Å². The van der Waals surface area contributed by atoms with Crippen LogP contribution < -0.4 is 10.6 Å². The molecule has 0 saturated heterocycles. The molecule has 0 spiro atoms. The number of rotatable bonds is 6. The van der Waals surface area contributed by atoms with Crippen LogP contribution in [0.1, 0.15) is 27.8 Å². The van der Waals surface area contributed by atoms with Crippen LogP contribution >= 0.6 is 0 Å². The fourth-order valence-electron chi connectivity index (χ4n) is 2.40. The summed E-state index contributed by atoms with van der Waals surface area (Å²) in [6, 6.07) is 18.3. The minimum atomic E-state index is -1.03. The summed E-state index contributed by atoms with van der Waals surface area (Å²) in [6.07, 6.45) is 0.351. The number of furan rings is 1. The van der Waals surface area contributed by atoms with E-state index in [-0.39, 0.29) is 17.0 Å². The standard InChI is InChI=1S/C21H18N2O5/c1-14(19(24)22-15-8-3-2-4-9-15)28-21(26)16-10-5-6-11-17(16)23-20(25)18-12-7-13-27-18/h2-14H,1H3,(H,22,24)(H,23,25)/t14-/m0/s1. The van der Waals surface area contributed by atoms with Crippen molar-refractivity contribution in [1.29, 1.82) is 0 Å². The molecule has 1 aromatic heterocycles. The van der Waals surface area contributed by atoms with Gasteiger partial charge in [0, 0.05) is 5.69 Å². The van der Waals surface area contributed by atoms with E-state index in [1.54, 1.807) is 48.5 Å². The molecule has 7 nitrogen and oxygen atoms in total. The lowest BCUT2D eigenvalue weighted by Gasteiger charge is -2.15. The predicted octanol–water partition coefficient (Wildman–Crippen LogP) is 3.72. The van der Waals surface area contributed by atoms with Crippen molar-refractivity contribution >= 4 is 29.2 Å². The molecule has 2 N–H and O–H groups in total. The zero-order valence-corrected chi connectivity index (χ0v) is 15.0. The lowest BCUT2D eigenvalue weighted by atomic mass is 10.1. The Morgan fingerprint density at radius 1 is 0.893 bits per heavy atom. The average Bonchev–Trinajstić information content (AvgIpc) is 3.24. The highest BCUT2D eigenvalue weighted by atomic mass is 16.5. The Balaban J connectivity index is 1.67. The van der Waals surface area contributed by atoms with E-state index in [9.17, 15) is 14.4 Å². The van der Waals surface area contributed by atoms with Gasteiger partial charge in [-0.25, -0.2) is 4.79 Å². The molecule has 0 unspecified atom stereocenters. The van der Waals surface area contributed by atoms with Crippen LogP contribution in [0.5, 0.6) is 0 Å². The first kappa shape index (κ1) is 18.9. The van der Waals surface area contributed by atoms with Crippen molar-refractivity contribution in [2.45, 2.75) is 13.0 Å². The maximum Gasteiger partial charge on any atom is 0.341 e. The molecule has 3 rings (SSSR count). The van der Waals surface area contributed by atoms with Gasteiger partial charge in [-0.15, -0.1) is 0 Å². The molecule has 3 aromatic rings. The third-order valence-electron chi connectivity index (χ3n) is 3.83. The van der Waals surface area contributed by atoms with Crippen molar-refractivity contribution in [3.05, 3.63) is 84.3 Å².